The van der Waals surface area contributed by atoms with Gasteiger partial charge in [-0.2, -0.15) is 0 Å². The zero-order valence-electron chi connectivity index (χ0n) is 17.7. The number of ketones is 1. The number of aryl methyl sites for hydroxylation is 2. The number of likely N-dealkylation sites (tertiary alicyclic amines) is 1. The van der Waals surface area contributed by atoms with Gasteiger partial charge in [0.2, 0.25) is 0 Å². The number of benzene rings is 1. The Morgan fingerprint density at radius 1 is 1.19 bits per heavy atom. The standard InChI is InChI=1S/C23H21Cl2N3O4/c1-12-5-4-8-27-13(2)18(26-22(12)27)20(29)17-19(14-6-7-15(24)16(25)11-14)28(9-10-32-3)23(31)21(17)30/h4-8,11,19,29H,9-10H2,1-3H3. The van der Waals surface area contributed by atoms with Crippen LogP contribution in [0.3, 0.4) is 0 Å². The molecule has 0 bridgehead atoms. The molecule has 1 fully saturated rings. The van der Waals surface area contributed by atoms with Crippen molar-refractivity contribution in [2.45, 2.75) is 19.9 Å². The van der Waals surface area contributed by atoms with Crippen LogP contribution in [0, 0.1) is 13.8 Å². The van der Waals surface area contributed by atoms with E-state index in [9.17, 15) is 14.7 Å². The molecule has 0 spiro atoms. The molecule has 1 aliphatic heterocycles. The molecule has 2 aromatic heterocycles. The number of nitrogens with zero attached hydrogens (tertiary/aromatic N) is 3. The lowest BCUT2D eigenvalue weighted by Gasteiger charge is -2.25. The average Bonchev–Trinajstić information content (AvgIpc) is 3.24. The number of rotatable bonds is 5. The average molecular weight is 474 g/mol. The maximum atomic E-state index is 13.1. The predicted octanol–water partition coefficient (Wildman–Crippen LogP) is 4.33. The van der Waals surface area contributed by atoms with Gasteiger partial charge < -0.3 is 19.1 Å². The fourth-order valence-electron chi connectivity index (χ4n) is 4.00. The zero-order chi connectivity index (χ0) is 23.2. The van der Waals surface area contributed by atoms with E-state index in [-0.39, 0.29) is 35.2 Å². The molecule has 1 amide bonds. The van der Waals surface area contributed by atoms with Gasteiger partial charge in [0.05, 0.1) is 34.0 Å². The molecule has 166 valence electrons. The van der Waals surface area contributed by atoms with Crippen LogP contribution in [-0.4, -0.2) is 51.3 Å². The molecule has 1 aliphatic rings. The lowest BCUT2D eigenvalue weighted by molar-refractivity contribution is -0.140. The number of pyridine rings is 1. The summed E-state index contributed by atoms with van der Waals surface area (Å²) in [5, 5.41) is 11.9. The molecule has 0 radical (unpaired) electrons. The molecule has 1 saturated heterocycles. The third-order valence-corrected chi connectivity index (χ3v) is 6.38. The molecule has 4 rings (SSSR count). The van der Waals surface area contributed by atoms with Gasteiger partial charge in [0.1, 0.15) is 11.3 Å². The Labute approximate surface area is 194 Å². The fraction of sp³-hybridized carbons (Fsp3) is 0.261. The Morgan fingerprint density at radius 3 is 2.59 bits per heavy atom. The summed E-state index contributed by atoms with van der Waals surface area (Å²) in [6.07, 6.45) is 1.83. The van der Waals surface area contributed by atoms with E-state index in [1.54, 1.807) is 25.1 Å². The topological polar surface area (TPSA) is 84.1 Å². The normalized spacial score (nSPS) is 18.2. The summed E-state index contributed by atoms with van der Waals surface area (Å²) in [6.45, 7) is 4.08. The van der Waals surface area contributed by atoms with Crippen LogP contribution in [0.5, 0.6) is 0 Å². The first-order valence-corrected chi connectivity index (χ1v) is 10.7. The first kappa shape index (κ1) is 22.3. The molecule has 1 N–H and O–H groups in total. The smallest absolute Gasteiger partial charge is 0.295 e. The van der Waals surface area contributed by atoms with Crippen LogP contribution in [-0.2, 0) is 14.3 Å². The maximum Gasteiger partial charge on any atom is 0.295 e. The van der Waals surface area contributed by atoms with Crippen molar-refractivity contribution in [3.05, 3.63) is 74.7 Å². The third-order valence-electron chi connectivity index (χ3n) is 5.64. The van der Waals surface area contributed by atoms with Crippen molar-refractivity contribution < 1.29 is 19.4 Å². The van der Waals surface area contributed by atoms with Crippen LogP contribution in [0.1, 0.15) is 28.6 Å². The Bertz CT molecular complexity index is 1280. The first-order chi connectivity index (χ1) is 15.3. The summed E-state index contributed by atoms with van der Waals surface area (Å²) in [5.41, 5.74) is 2.97. The van der Waals surface area contributed by atoms with E-state index in [2.05, 4.69) is 4.98 Å². The van der Waals surface area contributed by atoms with E-state index in [0.29, 0.717) is 21.9 Å². The second kappa shape index (κ2) is 8.58. The van der Waals surface area contributed by atoms with Gasteiger partial charge in [-0.3, -0.25) is 9.59 Å². The number of aromatic nitrogens is 2. The van der Waals surface area contributed by atoms with Crippen LogP contribution in [0.2, 0.25) is 10.0 Å². The van der Waals surface area contributed by atoms with Crippen molar-refractivity contribution in [1.82, 2.24) is 14.3 Å². The van der Waals surface area contributed by atoms with E-state index < -0.39 is 17.7 Å². The molecule has 3 heterocycles. The van der Waals surface area contributed by atoms with E-state index >= 15 is 0 Å². The highest BCUT2D eigenvalue weighted by atomic mass is 35.5. The first-order valence-electron chi connectivity index (χ1n) is 9.93. The van der Waals surface area contributed by atoms with Gasteiger partial charge in [-0.25, -0.2) is 4.98 Å². The minimum atomic E-state index is -0.856. The lowest BCUT2D eigenvalue weighted by Crippen LogP contribution is -2.32. The summed E-state index contributed by atoms with van der Waals surface area (Å²) >= 11 is 12.3. The lowest BCUT2D eigenvalue weighted by atomic mass is 9.96. The predicted molar refractivity (Wildman–Crippen MR) is 122 cm³/mol. The summed E-state index contributed by atoms with van der Waals surface area (Å²) < 4.78 is 6.95. The molecular formula is C23H21Cl2N3O4. The Morgan fingerprint density at radius 2 is 1.94 bits per heavy atom. The number of carbonyl (C=O) groups excluding carboxylic acids is 2. The summed E-state index contributed by atoms with van der Waals surface area (Å²) in [6, 6.07) is 7.79. The molecule has 3 aromatic rings. The molecule has 9 heteroatoms. The van der Waals surface area contributed by atoms with Crippen LogP contribution < -0.4 is 0 Å². The second-order valence-electron chi connectivity index (χ2n) is 7.59. The van der Waals surface area contributed by atoms with Crippen LogP contribution in [0.4, 0.5) is 0 Å². The van der Waals surface area contributed by atoms with Gasteiger partial charge in [-0.1, -0.05) is 35.3 Å². The van der Waals surface area contributed by atoms with Crippen molar-refractivity contribution in [1.29, 1.82) is 0 Å². The number of aliphatic hydroxyl groups excluding tert-OH is 1. The van der Waals surface area contributed by atoms with Gasteiger partial charge in [-0.15, -0.1) is 0 Å². The molecule has 1 unspecified atom stereocenters. The number of fused-ring (bicyclic) bond motifs is 1. The molecular weight excluding hydrogens is 453 g/mol. The van der Waals surface area contributed by atoms with Crippen LogP contribution >= 0.6 is 23.2 Å². The molecule has 1 atom stereocenters. The number of amides is 1. The minimum Gasteiger partial charge on any atom is -0.505 e. The van der Waals surface area contributed by atoms with E-state index in [1.807, 2.05) is 29.7 Å². The highest BCUT2D eigenvalue weighted by Gasteiger charge is 2.46. The number of Topliss-reactive ketones (excluding diaryl/α,β-unsaturated/α-hetero) is 1. The minimum absolute atomic E-state index is 0.0475. The molecule has 1 aromatic carbocycles. The number of aliphatic hydroxyl groups is 1. The molecule has 0 saturated carbocycles. The van der Waals surface area contributed by atoms with E-state index in [1.165, 1.54) is 12.0 Å². The second-order valence-corrected chi connectivity index (χ2v) is 8.40. The number of imidazole rings is 1. The highest BCUT2D eigenvalue weighted by molar-refractivity contribution is 6.46. The number of hydrogen-bond donors (Lipinski definition) is 1. The van der Waals surface area contributed by atoms with Gasteiger partial charge in [0, 0.05) is 19.9 Å². The van der Waals surface area contributed by atoms with Crippen molar-refractivity contribution in [2.75, 3.05) is 20.3 Å². The van der Waals surface area contributed by atoms with E-state index in [0.717, 1.165) is 5.56 Å². The monoisotopic (exact) mass is 473 g/mol. The maximum absolute atomic E-state index is 13.1. The Hall–Kier alpha value is -2.87. The quantitative estimate of drug-likeness (QED) is 0.338. The van der Waals surface area contributed by atoms with Crippen molar-refractivity contribution >= 4 is 46.3 Å². The number of hydrogen-bond acceptors (Lipinski definition) is 5. The Balaban J connectivity index is 1.95. The van der Waals surface area contributed by atoms with Gasteiger partial charge in [0.15, 0.2) is 5.76 Å². The van der Waals surface area contributed by atoms with Crippen molar-refractivity contribution in [3.63, 3.8) is 0 Å². The van der Waals surface area contributed by atoms with Gasteiger partial charge in [-0.05, 0) is 43.2 Å². The zero-order valence-corrected chi connectivity index (χ0v) is 19.2. The van der Waals surface area contributed by atoms with Gasteiger partial charge >= 0.3 is 0 Å². The SMILES string of the molecule is COCCN1C(=O)C(=O)C(=C(O)c2nc3c(C)cccn3c2C)C1c1ccc(Cl)c(Cl)c1. The van der Waals surface area contributed by atoms with Crippen LogP contribution in [0.15, 0.2) is 42.1 Å². The van der Waals surface area contributed by atoms with Crippen LogP contribution in [0.25, 0.3) is 11.4 Å². The largest absolute Gasteiger partial charge is 0.505 e. The summed E-state index contributed by atoms with van der Waals surface area (Å²) in [4.78, 5) is 31.9. The summed E-state index contributed by atoms with van der Waals surface area (Å²) in [5.74, 6) is -1.85. The Kier molecular flexibility index (Phi) is 5.99. The fourth-order valence-corrected chi connectivity index (χ4v) is 4.31. The van der Waals surface area contributed by atoms with E-state index in [4.69, 9.17) is 27.9 Å². The molecule has 0 aliphatic carbocycles. The number of ether oxygens (including phenoxy) is 1. The van der Waals surface area contributed by atoms with Crippen molar-refractivity contribution in [3.8, 4) is 0 Å². The third kappa shape index (κ3) is 3.56. The summed E-state index contributed by atoms with van der Waals surface area (Å²) in [7, 11) is 1.51. The molecule has 32 heavy (non-hydrogen) atoms. The highest BCUT2D eigenvalue weighted by Crippen LogP contribution is 2.41. The number of methoxy groups -OCH3 is 1. The van der Waals surface area contributed by atoms with Gasteiger partial charge in [0.25, 0.3) is 11.7 Å². The number of halogens is 2. The number of carbonyl (C=O) groups is 2. The molecule has 7 nitrogen and oxygen atoms in total. The van der Waals surface area contributed by atoms with Crippen molar-refractivity contribution in [2.24, 2.45) is 0 Å².